The van der Waals surface area contributed by atoms with Crippen molar-refractivity contribution >= 4 is 11.6 Å². The van der Waals surface area contributed by atoms with Crippen molar-refractivity contribution in [1.82, 2.24) is 14.9 Å². The highest BCUT2D eigenvalue weighted by Crippen LogP contribution is 2.17. The maximum absolute atomic E-state index is 5.14. The van der Waals surface area contributed by atoms with Gasteiger partial charge in [-0.3, -0.25) is 0 Å². The molecule has 1 fully saturated rings. The molecule has 0 spiro atoms. The van der Waals surface area contributed by atoms with Gasteiger partial charge in [-0.1, -0.05) is 6.42 Å². The van der Waals surface area contributed by atoms with Gasteiger partial charge >= 0.3 is 0 Å². The van der Waals surface area contributed by atoms with Crippen LogP contribution in [0.25, 0.3) is 0 Å². The van der Waals surface area contributed by atoms with Crippen molar-refractivity contribution in [3.63, 3.8) is 0 Å². The van der Waals surface area contributed by atoms with E-state index in [1.54, 1.807) is 7.11 Å². The Bertz CT molecular complexity index is 416. The Morgan fingerprint density at radius 1 is 1.29 bits per heavy atom. The fourth-order valence-corrected chi connectivity index (χ4v) is 2.68. The van der Waals surface area contributed by atoms with Gasteiger partial charge in [0.1, 0.15) is 18.2 Å². The van der Waals surface area contributed by atoms with E-state index in [-0.39, 0.29) is 0 Å². The lowest BCUT2D eigenvalue weighted by molar-refractivity contribution is 0.178. The van der Waals surface area contributed by atoms with Gasteiger partial charge in [0, 0.05) is 32.3 Å². The number of rotatable bonds is 7. The van der Waals surface area contributed by atoms with E-state index >= 15 is 0 Å². The average Bonchev–Trinajstić information content (AvgIpc) is 2.47. The second kappa shape index (κ2) is 8.14. The van der Waals surface area contributed by atoms with Gasteiger partial charge in [-0.05, 0) is 33.4 Å². The van der Waals surface area contributed by atoms with Crippen LogP contribution in [0.5, 0.6) is 0 Å². The second-order valence-corrected chi connectivity index (χ2v) is 5.53. The highest BCUT2D eigenvalue weighted by atomic mass is 16.5. The Balaban J connectivity index is 2.00. The Morgan fingerprint density at radius 2 is 2.05 bits per heavy atom. The van der Waals surface area contributed by atoms with E-state index in [0.717, 1.165) is 24.7 Å². The van der Waals surface area contributed by atoms with Crippen molar-refractivity contribution in [3.05, 3.63) is 11.9 Å². The SMILES string of the molecule is CCNc1cc(NCC2CCCCN2C)nc(COC)n1. The number of ether oxygens (including phenoxy) is 1. The first-order valence-corrected chi connectivity index (χ1v) is 7.77. The zero-order valence-corrected chi connectivity index (χ0v) is 13.4. The van der Waals surface area contributed by atoms with Gasteiger partial charge in [0.2, 0.25) is 0 Å². The van der Waals surface area contributed by atoms with Crippen molar-refractivity contribution in [2.24, 2.45) is 0 Å². The molecular weight excluding hydrogens is 266 g/mol. The first-order valence-electron chi connectivity index (χ1n) is 7.77. The van der Waals surface area contributed by atoms with Crippen LogP contribution < -0.4 is 10.6 Å². The quantitative estimate of drug-likeness (QED) is 0.801. The van der Waals surface area contributed by atoms with Gasteiger partial charge in [-0.2, -0.15) is 0 Å². The van der Waals surface area contributed by atoms with E-state index in [0.29, 0.717) is 18.5 Å². The van der Waals surface area contributed by atoms with Crippen molar-refractivity contribution in [3.8, 4) is 0 Å². The lowest BCUT2D eigenvalue weighted by atomic mass is 10.0. The molecule has 2 N–H and O–H groups in total. The Labute approximate surface area is 127 Å². The van der Waals surface area contributed by atoms with E-state index in [1.165, 1.54) is 25.8 Å². The van der Waals surface area contributed by atoms with E-state index in [9.17, 15) is 0 Å². The number of nitrogens with one attached hydrogen (secondary N) is 2. The molecule has 1 aromatic rings. The second-order valence-electron chi connectivity index (χ2n) is 5.53. The van der Waals surface area contributed by atoms with Crippen LogP contribution >= 0.6 is 0 Å². The van der Waals surface area contributed by atoms with E-state index in [4.69, 9.17) is 4.74 Å². The number of hydrogen-bond acceptors (Lipinski definition) is 6. The fraction of sp³-hybridized carbons (Fsp3) is 0.733. The molecule has 0 saturated carbocycles. The summed E-state index contributed by atoms with van der Waals surface area (Å²) in [6, 6.07) is 2.55. The molecule has 2 heterocycles. The molecule has 0 bridgehead atoms. The topological polar surface area (TPSA) is 62.3 Å². The highest BCUT2D eigenvalue weighted by molar-refractivity contribution is 5.47. The molecule has 1 saturated heterocycles. The minimum atomic E-state index is 0.428. The molecule has 0 amide bonds. The normalized spacial score (nSPS) is 19.5. The summed E-state index contributed by atoms with van der Waals surface area (Å²) in [5.74, 6) is 2.42. The molecular formula is C15H27N5O. The monoisotopic (exact) mass is 293 g/mol. The first kappa shape index (κ1) is 16.0. The van der Waals surface area contributed by atoms with Crippen LogP contribution in [0.1, 0.15) is 32.0 Å². The summed E-state index contributed by atoms with van der Waals surface area (Å²) in [6.07, 6.45) is 3.88. The zero-order valence-electron chi connectivity index (χ0n) is 13.4. The first-order chi connectivity index (χ1) is 10.2. The molecule has 0 aliphatic carbocycles. The third-order valence-electron chi connectivity index (χ3n) is 3.84. The number of nitrogens with zero attached hydrogens (tertiary/aromatic N) is 3. The predicted octanol–water partition coefficient (Wildman–Crippen LogP) is 1.95. The molecule has 6 heteroatoms. The molecule has 1 unspecified atom stereocenters. The van der Waals surface area contributed by atoms with Crippen molar-refractivity contribution in [1.29, 1.82) is 0 Å². The van der Waals surface area contributed by atoms with Crippen LogP contribution in [-0.4, -0.2) is 54.7 Å². The van der Waals surface area contributed by atoms with E-state index in [1.807, 2.05) is 6.07 Å². The lowest BCUT2D eigenvalue weighted by Crippen LogP contribution is -2.40. The number of likely N-dealkylation sites (tertiary alicyclic amines) is 1. The summed E-state index contributed by atoms with van der Waals surface area (Å²) in [5.41, 5.74) is 0. The van der Waals surface area contributed by atoms with Gasteiger partial charge in [-0.25, -0.2) is 9.97 Å². The third kappa shape index (κ3) is 4.82. The Morgan fingerprint density at radius 3 is 2.71 bits per heavy atom. The molecule has 2 rings (SSSR count). The highest BCUT2D eigenvalue weighted by Gasteiger charge is 2.18. The number of hydrogen-bond donors (Lipinski definition) is 2. The number of methoxy groups -OCH3 is 1. The molecule has 1 aromatic heterocycles. The summed E-state index contributed by atoms with van der Waals surface area (Å²) in [4.78, 5) is 11.4. The van der Waals surface area contributed by atoms with Crippen LogP contribution in [-0.2, 0) is 11.3 Å². The standard InChI is InChI=1S/C15H27N5O/c1-4-16-13-9-14(19-15(18-13)11-21-3)17-10-12-7-5-6-8-20(12)2/h9,12H,4-8,10-11H2,1-3H3,(H2,16,17,18,19). The van der Waals surface area contributed by atoms with Crippen LogP contribution in [0.15, 0.2) is 6.07 Å². The van der Waals surface area contributed by atoms with Crippen molar-refractivity contribution < 1.29 is 4.74 Å². The van der Waals surface area contributed by atoms with E-state index in [2.05, 4.69) is 39.5 Å². The summed E-state index contributed by atoms with van der Waals surface area (Å²) >= 11 is 0. The van der Waals surface area contributed by atoms with Gasteiger partial charge in [-0.15, -0.1) is 0 Å². The van der Waals surface area contributed by atoms with Crippen molar-refractivity contribution in [2.75, 3.05) is 44.4 Å². The smallest absolute Gasteiger partial charge is 0.158 e. The van der Waals surface area contributed by atoms with Gasteiger partial charge in [0.15, 0.2) is 5.82 Å². The number of likely N-dealkylation sites (N-methyl/N-ethyl adjacent to an activating group) is 1. The maximum Gasteiger partial charge on any atom is 0.158 e. The molecule has 6 nitrogen and oxygen atoms in total. The number of anilines is 2. The molecule has 0 aromatic carbocycles. The van der Waals surface area contributed by atoms with Gasteiger partial charge < -0.3 is 20.3 Å². The minimum absolute atomic E-state index is 0.428. The molecule has 1 aliphatic heterocycles. The summed E-state index contributed by atoms with van der Waals surface area (Å²) in [7, 11) is 3.86. The average molecular weight is 293 g/mol. The Kier molecular flexibility index (Phi) is 6.20. The predicted molar refractivity (Wildman–Crippen MR) is 85.7 cm³/mol. The summed E-state index contributed by atoms with van der Waals surface area (Å²) < 4.78 is 5.14. The van der Waals surface area contributed by atoms with Crippen LogP contribution in [0.2, 0.25) is 0 Å². The zero-order chi connectivity index (χ0) is 15.1. The molecule has 1 aliphatic rings. The van der Waals surface area contributed by atoms with Gasteiger partial charge in [0.25, 0.3) is 0 Å². The van der Waals surface area contributed by atoms with Crippen molar-refractivity contribution in [2.45, 2.75) is 38.8 Å². The molecule has 118 valence electrons. The van der Waals surface area contributed by atoms with Crippen LogP contribution in [0, 0.1) is 0 Å². The fourth-order valence-electron chi connectivity index (χ4n) is 2.68. The molecule has 21 heavy (non-hydrogen) atoms. The number of piperidine rings is 1. The van der Waals surface area contributed by atoms with Crippen LogP contribution in [0.3, 0.4) is 0 Å². The minimum Gasteiger partial charge on any atom is -0.377 e. The number of aromatic nitrogens is 2. The lowest BCUT2D eigenvalue weighted by Gasteiger charge is -2.32. The Hall–Kier alpha value is -1.40. The largest absolute Gasteiger partial charge is 0.377 e. The summed E-state index contributed by atoms with van der Waals surface area (Å²) in [5, 5.41) is 6.69. The van der Waals surface area contributed by atoms with Crippen LogP contribution in [0.4, 0.5) is 11.6 Å². The van der Waals surface area contributed by atoms with Gasteiger partial charge in [0.05, 0.1) is 0 Å². The summed E-state index contributed by atoms with van der Waals surface area (Å²) in [6.45, 7) is 5.44. The molecule has 0 radical (unpaired) electrons. The maximum atomic E-state index is 5.14. The van der Waals surface area contributed by atoms with E-state index < -0.39 is 0 Å². The third-order valence-corrected chi connectivity index (χ3v) is 3.84. The molecule has 1 atom stereocenters.